The van der Waals surface area contributed by atoms with Crippen LogP contribution < -0.4 is 0 Å². The highest BCUT2D eigenvalue weighted by Gasteiger charge is 2.43. The lowest BCUT2D eigenvalue weighted by Crippen LogP contribution is -2.20. The van der Waals surface area contributed by atoms with Crippen molar-refractivity contribution < 1.29 is 4.79 Å². The SMILES string of the molecule is CC12C=CC=CC=C1c1ccccc1C2=O. The van der Waals surface area contributed by atoms with E-state index in [9.17, 15) is 4.79 Å². The number of Topliss-reactive ketones (excluding diaryl/α,β-unsaturated/α-hetero) is 1. The Morgan fingerprint density at radius 2 is 1.75 bits per heavy atom. The summed E-state index contributed by atoms with van der Waals surface area (Å²) >= 11 is 0. The van der Waals surface area contributed by atoms with Crippen LogP contribution in [0.15, 0.2) is 54.6 Å². The van der Waals surface area contributed by atoms with Gasteiger partial charge in [-0.3, -0.25) is 4.79 Å². The van der Waals surface area contributed by atoms with Crippen LogP contribution in [0.2, 0.25) is 0 Å². The number of hydrogen-bond acceptors (Lipinski definition) is 1. The van der Waals surface area contributed by atoms with E-state index in [-0.39, 0.29) is 5.78 Å². The van der Waals surface area contributed by atoms with Crippen molar-refractivity contribution in [3.05, 3.63) is 65.8 Å². The minimum atomic E-state index is -0.479. The zero-order valence-corrected chi connectivity index (χ0v) is 9.10. The molecule has 0 bridgehead atoms. The zero-order valence-electron chi connectivity index (χ0n) is 9.10. The number of carbonyl (C=O) groups excluding carboxylic acids is 1. The van der Waals surface area contributed by atoms with Crippen LogP contribution in [0.5, 0.6) is 0 Å². The second-order valence-electron chi connectivity index (χ2n) is 4.40. The molecule has 1 atom stereocenters. The van der Waals surface area contributed by atoms with E-state index in [0.29, 0.717) is 0 Å². The van der Waals surface area contributed by atoms with Crippen LogP contribution in [-0.2, 0) is 0 Å². The zero-order chi connectivity index (χ0) is 11.2. The summed E-state index contributed by atoms with van der Waals surface area (Å²) in [6.45, 7) is 1.99. The number of hydrogen-bond donors (Lipinski definition) is 0. The van der Waals surface area contributed by atoms with Crippen molar-refractivity contribution in [1.29, 1.82) is 0 Å². The quantitative estimate of drug-likeness (QED) is 0.638. The van der Waals surface area contributed by atoms with Crippen molar-refractivity contribution >= 4 is 11.4 Å². The fourth-order valence-electron chi connectivity index (χ4n) is 2.49. The number of carbonyl (C=O) groups is 1. The number of fused-ring (bicyclic) bond motifs is 3. The summed E-state index contributed by atoms with van der Waals surface area (Å²) in [7, 11) is 0. The Kier molecular flexibility index (Phi) is 1.78. The fraction of sp³-hybridized carbons (Fsp3) is 0.133. The van der Waals surface area contributed by atoms with Gasteiger partial charge in [-0.05, 0) is 18.1 Å². The van der Waals surface area contributed by atoms with Gasteiger partial charge in [0.25, 0.3) is 0 Å². The van der Waals surface area contributed by atoms with Gasteiger partial charge in [0, 0.05) is 5.56 Å². The van der Waals surface area contributed by atoms with Crippen molar-refractivity contribution in [3.63, 3.8) is 0 Å². The van der Waals surface area contributed by atoms with Gasteiger partial charge in [-0.2, -0.15) is 0 Å². The average molecular weight is 208 g/mol. The maximum Gasteiger partial charge on any atom is 0.177 e. The maximum absolute atomic E-state index is 12.4. The summed E-state index contributed by atoms with van der Waals surface area (Å²) in [6.07, 6.45) is 9.95. The summed E-state index contributed by atoms with van der Waals surface area (Å²) < 4.78 is 0. The Bertz CT molecular complexity index is 561. The van der Waals surface area contributed by atoms with Gasteiger partial charge < -0.3 is 0 Å². The van der Waals surface area contributed by atoms with E-state index in [4.69, 9.17) is 0 Å². The Morgan fingerprint density at radius 1 is 1.00 bits per heavy atom. The van der Waals surface area contributed by atoms with Crippen LogP contribution in [0.1, 0.15) is 22.8 Å². The van der Waals surface area contributed by atoms with E-state index in [1.165, 1.54) is 0 Å². The van der Waals surface area contributed by atoms with Crippen molar-refractivity contribution in [1.82, 2.24) is 0 Å². The molecule has 0 aromatic heterocycles. The molecule has 0 heterocycles. The molecule has 2 aliphatic rings. The maximum atomic E-state index is 12.4. The van der Waals surface area contributed by atoms with E-state index < -0.39 is 5.41 Å². The van der Waals surface area contributed by atoms with E-state index >= 15 is 0 Å². The van der Waals surface area contributed by atoms with Crippen molar-refractivity contribution in [2.45, 2.75) is 6.92 Å². The number of benzene rings is 1. The smallest absolute Gasteiger partial charge is 0.177 e. The summed E-state index contributed by atoms with van der Waals surface area (Å²) in [5, 5.41) is 0. The van der Waals surface area contributed by atoms with Crippen molar-refractivity contribution in [3.8, 4) is 0 Å². The van der Waals surface area contributed by atoms with Gasteiger partial charge in [-0.25, -0.2) is 0 Å². The van der Waals surface area contributed by atoms with Gasteiger partial charge in [0.2, 0.25) is 0 Å². The monoisotopic (exact) mass is 208 g/mol. The third-order valence-electron chi connectivity index (χ3n) is 3.41. The van der Waals surface area contributed by atoms with E-state index in [0.717, 1.165) is 16.7 Å². The summed E-state index contributed by atoms with van der Waals surface area (Å²) in [4.78, 5) is 12.4. The molecule has 1 aromatic carbocycles. The third-order valence-corrected chi connectivity index (χ3v) is 3.41. The molecule has 0 radical (unpaired) electrons. The number of ketones is 1. The largest absolute Gasteiger partial charge is 0.293 e. The molecule has 0 spiro atoms. The second kappa shape index (κ2) is 3.05. The molecule has 0 aliphatic heterocycles. The molecule has 3 rings (SSSR count). The standard InChI is InChI=1S/C15H12O/c1-15-10-6-2-3-9-13(15)11-7-4-5-8-12(11)14(15)16/h2-10H,1H3. The first kappa shape index (κ1) is 9.34. The minimum absolute atomic E-state index is 0.203. The van der Waals surface area contributed by atoms with Crippen LogP contribution in [0.3, 0.4) is 0 Å². The molecule has 1 nitrogen and oxygen atoms in total. The molecule has 0 N–H and O–H groups in total. The van der Waals surface area contributed by atoms with Crippen LogP contribution >= 0.6 is 0 Å². The Morgan fingerprint density at radius 3 is 2.56 bits per heavy atom. The predicted molar refractivity (Wildman–Crippen MR) is 65.1 cm³/mol. The average Bonchev–Trinajstić information content (AvgIpc) is 2.46. The molecular weight excluding hydrogens is 196 g/mol. The lowest BCUT2D eigenvalue weighted by Gasteiger charge is -2.19. The van der Waals surface area contributed by atoms with Crippen molar-refractivity contribution in [2.24, 2.45) is 5.41 Å². The van der Waals surface area contributed by atoms with Crippen LogP contribution in [0, 0.1) is 5.41 Å². The van der Waals surface area contributed by atoms with Gasteiger partial charge >= 0.3 is 0 Å². The Hall–Kier alpha value is -1.89. The molecule has 1 aromatic rings. The minimum Gasteiger partial charge on any atom is -0.293 e. The first-order valence-electron chi connectivity index (χ1n) is 5.44. The van der Waals surface area contributed by atoms with E-state index in [2.05, 4.69) is 0 Å². The van der Waals surface area contributed by atoms with Crippen LogP contribution in [0.4, 0.5) is 0 Å². The molecule has 0 fully saturated rings. The predicted octanol–water partition coefficient (Wildman–Crippen LogP) is 3.40. The first-order valence-corrected chi connectivity index (χ1v) is 5.44. The first-order chi connectivity index (χ1) is 7.73. The highest BCUT2D eigenvalue weighted by Crippen LogP contribution is 2.47. The summed E-state index contributed by atoms with van der Waals surface area (Å²) in [5.41, 5.74) is 2.55. The Balaban J connectivity index is 2.34. The van der Waals surface area contributed by atoms with Gasteiger partial charge in [-0.1, -0.05) is 54.6 Å². The van der Waals surface area contributed by atoms with Gasteiger partial charge in [-0.15, -0.1) is 0 Å². The summed E-state index contributed by atoms with van der Waals surface area (Å²) in [5.74, 6) is 0.203. The molecule has 0 saturated carbocycles. The highest BCUT2D eigenvalue weighted by atomic mass is 16.1. The lowest BCUT2D eigenvalue weighted by atomic mass is 9.82. The molecule has 1 heteroatoms. The van der Waals surface area contributed by atoms with Gasteiger partial charge in [0.1, 0.15) is 0 Å². The molecule has 0 saturated heterocycles. The van der Waals surface area contributed by atoms with Crippen LogP contribution in [0.25, 0.3) is 5.57 Å². The second-order valence-corrected chi connectivity index (χ2v) is 4.40. The molecular formula is C15H12O. The number of allylic oxidation sites excluding steroid dienone is 6. The Labute approximate surface area is 94.8 Å². The highest BCUT2D eigenvalue weighted by molar-refractivity contribution is 6.18. The normalized spacial score (nSPS) is 26.1. The van der Waals surface area contributed by atoms with E-state index in [1.807, 2.05) is 61.6 Å². The molecule has 78 valence electrons. The topological polar surface area (TPSA) is 17.1 Å². The molecule has 2 aliphatic carbocycles. The number of rotatable bonds is 0. The van der Waals surface area contributed by atoms with Crippen LogP contribution in [-0.4, -0.2) is 5.78 Å². The van der Waals surface area contributed by atoms with Gasteiger partial charge in [0.05, 0.1) is 5.41 Å². The molecule has 1 unspecified atom stereocenters. The van der Waals surface area contributed by atoms with E-state index in [1.54, 1.807) is 0 Å². The molecule has 0 amide bonds. The van der Waals surface area contributed by atoms with Gasteiger partial charge in [0.15, 0.2) is 5.78 Å². The third kappa shape index (κ3) is 1.03. The fourth-order valence-corrected chi connectivity index (χ4v) is 2.49. The lowest BCUT2D eigenvalue weighted by molar-refractivity contribution is 0.0925. The molecule has 16 heavy (non-hydrogen) atoms. The summed E-state index contributed by atoms with van der Waals surface area (Å²) in [6, 6.07) is 7.84. The van der Waals surface area contributed by atoms with Crippen molar-refractivity contribution in [2.75, 3.05) is 0 Å².